The molecule has 5 heterocycles. The van der Waals surface area contributed by atoms with Crippen molar-refractivity contribution in [2.24, 2.45) is 0 Å². The van der Waals surface area contributed by atoms with Gasteiger partial charge in [0.05, 0.1) is 11.5 Å². The zero-order valence-electron chi connectivity index (χ0n) is 25.2. The number of nitrogens with zero attached hydrogens (tertiary/aromatic N) is 7. The molecule has 5 aromatic heterocycles. The van der Waals surface area contributed by atoms with E-state index in [1.54, 1.807) is 61.2 Å². The van der Waals surface area contributed by atoms with Crippen LogP contribution in [0.3, 0.4) is 0 Å². The van der Waals surface area contributed by atoms with Crippen LogP contribution in [0.4, 0.5) is 30.7 Å². The van der Waals surface area contributed by atoms with E-state index < -0.39 is 35.1 Å². The molecule has 0 saturated heterocycles. The quantitative estimate of drug-likeness (QED) is 0.131. The fourth-order valence-electron chi connectivity index (χ4n) is 3.54. The first-order valence-electron chi connectivity index (χ1n) is 13.9. The van der Waals surface area contributed by atoms with Crippen LogP contribution in [0.2, 0.25) is 0 Å². The van der Waals surface area contributed by atoms with Crippen LogP contribution in [-0.2, 0) is 26.3 Å². The summed E-state index contributed by atoms with van der Waals surface area (Å²) in [6.07, 6.45) is 3.24. The minimum atomic E-state index is -4.47. The van der Waals surface area contributed by atoms with E-state index in [2.05, 4.69) is 47.2 Å². The molecule has 0 spiro atoms. The molecule has 0 aliphatic heterocycles. The second-order valence-corrected chi connectivity index (χ2v) is 9.25. The first-order chi connectivity index (χ1) is 23.6. The third-order valence-electron chi connectivity index (χ3n) is 5.72. The van der Waals surface area contributed by atoms with Gasteiger partial charge in [-0.15, -0.1) is 30.3 Å². The van der Waals surface area contributed by atoms with Crippen molar-refractivity contribution < 1.29 is 50.8 Å². The van der Waals surface area contributed by atoms with E-state index in [0.717, 1.165) is 42.6 Å². The maximum absolute atomic E-state index is 13.2. The van der Waals surface area contributed by atoms with E-state index in [4.69, 9.17) is 0 Å². The summed E-state index contributed by atoms with van der Waals surface area (Å²) in [6, 6.07) is 27.8. The Kier molecular flexibility index (Phi) is 15.0. The van der Waals surface area contributed by atoms with Crippen molar-refractivity contribution >= 4 is 0 Å². The van der Waals surface area contributed by atoms with E-state index in [-0.39, 0.29) is 31.5 Å². The number of alkyl halides is 3. The summed E-state index contributed by atoms with van der Waals surface area (Å²) in [5.74, 6) is -1.96. The predicted molar refractivity (Wildman–Crippen MR) is 165 cm³/mol. The summed E-state index contributed by atoms with van der Waals surface area (Å²) in [5, 5.41) is 7.69. The minimum absolute atomic E-state index is 0. The monoisotopic (exact) mass is 865 g/mol. The molecule has 0 aliphatic carbocycles. The van der Waals surface area contributed by atoms with Gasteiger partial charge in [0.15, 0.2) is 0 Å². The van der Waals surface area contributed by atoms with Crippen LogP contribution in [0, 0.1) is 35.4 Å². The maximum Gasteiger partial charge on any atom is 3.00 e. The van der Waals surface area contributed by atoms with Crippen LogP contribution in [0.5, 0.6) is 0 Å². The van der Waals surface area contributed by atoms with Gasteiger partial charge in [0.2, 0.25) is 0 Å². The van der Waals surface area contributed by atoms with Gasteiger partial charge < -0.3 is 15.1 Å². The van der Waals surface area contributed by atoms with Gasteiger partial charge in [-0.1, -0.05) is 35.9 Å². The first-order valence-corrected chi connectivity index (χ1v) is 13.9. The third-order valence-corrected chi connectivity index (χ3v) is 5.72. The van der Waals surface area contributed by atoms with Gasteiger partial charge in [0, 0.05) is 59.8 Å². The van der Waals surface area contributed by atoms with Crippen LogP contribution >= 0.6 is 0 Å². The Morgan fingerprint density at radius 1 is 0.640 bits per heavy atom. The van der Waals surface area contributed by atoms with Crippen molar-refractivity contribution in [2.75, 3.05) is 0 Å². The summed E-state index contributed by atoms with van der Waals surface area (Å²) in [4.78, 5) is 19.3. The van der Waals surface area contributed by atoms with E-state index in [0.29, 0.717) is 22.8 Å². The molecule has 0 amide bonds. The molecule has 0 atom stereocenters. The van der Waals surface area contributed by atoms with Gasteiger partial charge >= 0.3 is 26.3 Å². The summed E-state index contributed by atoms with van der Waals surface area (Å²) in [6.45, 7) is 0. The average Bonchev–Trinajstić information content (AvgIpc) is 3.61. The van der Waals surface area contributed by atoms with Crippen molar-refractivity contribution in [3.63, 3.8) is 0 Å². The molecule has 0 fully saturated rings. The van der Waals surface area contributed by atoms with E-state index in [1.807, 2.05) is 18.2 Å². The van der Waals surface area contributed by atoms with Gasteiger partial charge in [-0.2, -0.15) is 19.2 Å². The normalized spacial score (nSPS) is 10.1. The van der Waals surface area contributed by atoms with Gasteiger partial charge in [0.25, 0.3) is 0 Å². The van der Waals surface area contributed by atoms with Crippen LogP contribution < -0.4 is 5.10 Å². The van der Waals surface area contributed by atoms with Crippen molar-refractivity contribution in [3.8, 4) is 34.2 Å². The number of aromatic nitrogens is 7. The molecule has 15 heteroatoms. The van der Waals surface area contributed by atoms with Crippen molar-refractivity contribution in [3.05, 3.63) is 169 Å². The Bertz CT molecular complexity index is 1950. The van der Waals surface area contributed by atoms with Crippen molar-refractivity contribution in [1.29, 1.82) is 0 Å². The largest absolute Gasteiger partial charge is 3.00 e. The van der Waals surface area contributed by atoms with E-state index >= 15 is 0 Å². The smallest absolute Gasteiger partial charge is 0.417 e. The van der Waals surface area contributed by atoms with Crippen LogP contribution in [-0.4, -0.2) is 30.0 Å². The third kappa shape index (κ3) is 12.4. The molecule has 0 N–H and O–H groups in total. The van der Waals surface area contributed by atoms with Gasteiger partial charge in [-0.05, 0) is 54.0 Å². The topological polar surface area (TPSA) is 91.4 Å². The van der Waals surface area contributed by atoms with Crippen molar-refractivity contribution in [2.45, 2.75) is 6.18 Å². The Labute approximate surface area is 294 Å². The molecule has 0 aliphatic rings. The van der Waals surface area contributed by atoms with Gasteiger partial charge in [-0.3, -0.25) is 37.6 Å². The second-order valence-electron chi connectivity index (χ2n) is 9.25. The predicted octanol–water partition coefficient (Wildman–Crippen LogP) is 8.25. The average molecular weight is 865 g/mol. The van der Waals surface area contributed by atoms with E-state index in [9.17, 15) is 30.7 Å². The van der Waals surface area contributed by atoms with Crippen LogP contribution in [0.15, 0.2) is 128 Å². The molecule has 0 radical (unpaired) electrons. The zero-order chi connectivity index (χ0) is 35.1. The summed E-state index contributed by atoms with van der Waals surface area (Å²) >= 11 is 0. The number of halogens is 7. The zero-order valence-corrected chi connectivity index (χ0v) is 27.6. The van der Waals surface area contributed by atoms with E-state index in [1.165, 1.54) is 6.07 Å². The standard InChI is InChI=1S/C13H7F3N5.C11H6F2N.C6H3F2.C5H5N.Ir/c14-13(15,16)10-5-4-8(7-18-10)11-19-12(21-20-11)9-3-1-2-6-17-9;12-8-4-5-9(10(13)7-8)11-3-1-2-6-14-11;7-5-2-1-3-6(8)4-5;1-2-4-6-5-3-1;/h1-7H;1-4,6-7H;2-4H;1-5H;/q3*-1;;+3. The van der Waals surface area contributed by atoms with Gasteiger partial charge in [0.1, 0.15) is 5.69 Å². The SMILES string of the molecule is FC(F)(F)c1ccc(-c2n[n-]c(-c3ccccn3)n2)cn1.Fc1c[c-]c(-c2ccccn2)c(F)c1.Fc1c[c-]cc(F)c1.[Ir+3].c1ccncc1. The molecular formula is C35H21F7IrN7. The summed E-state index contributed by atoms with van der Waals surface area (Å²) in [7, 11) is 0. The molecule has 50 heavy (non-hydrogen) atoms. The van der Waals surface area contributed by atoms with Crippen LogP contribution in [0.25, 0.3) is 34.2 Å². The molecule has 254 valence electrons. The second kappa shape index (κ2) is 19.4. The molecule has 0 unspecified atom stereocenters. The summed E-state index contributed by atoms with van der Waals surface area (Å²) < 4.78 is 86.9. The number of benzene rings is 2. The molecule has 0 bridgehead atoms. The number of hydrogen-bond donors (Lipinski definition) is 0. The number of pyridine rings is 4. The van der Waals surface area contributed by atoms with Crippen LogP contribution in [0.1, 0.15) is 5.69 Å². The fourth-order valence-corrected chi connectivity index (χ4v) is 3.54. The Hall–Kier alpha value is -5.66. The number of rotatable bonds is 3. The minimum Gasteiger partial charge on any atom is -0.417 e. The maximum atomic E-state index is 13.2. The molecule has 7 nitrogen and oxygen atoms in total. The molecule has 0 saturated carbocycles. The molecular weight excluding hydrogens is 844 g/mol. The molecule has 2 aromatic carbocycles. The Morgan fingerprint density at radius 2 is 1.26 bits per heavy atom. The Balaban J connectivity index is 0.000000200. The first kappa shape index (κ1) is 38.8. The summed E-state index contributed by atoms with van der Waals surface area (Å²) in [5.41, 5.74) is 0.571. The molecule has 7 rings (SSSR count). The molecule has 7 aromatic rings. The Morgan fingerprint density at radius 3 is 1.72 bits per heavy atom. The van der Waals surface area contributed by atoms with Gasteiger partial charge in [-0.25, -0.2) is 0 Å². The fraction of sp³-hybridized carbons (Fsp3) is 0.0286. The van der Waals surface area contributed by atoms with Crippen molar-refractivity contribution in [1.82, 2.24) is 35.1 Å². The number of hydrogen-bond acceptors (Lipinski definition) is 6.